The van der Waals surface area contributed by atoms with Crippen molar-refractivity contribution in [1.29, 1.82) is 0 Å². The van der Waals surface area contributed by atoms with Gasteiger partial charge in [0, 0.05) is 35.6 Å². The van der Waals surface area contributed by atoms with Crippen molar-refractivity contribution in [3.8, 4) is 17.2 Å². The number of amides is 2. The molecule has 0 aliphatic heterocycles. The summed E-state index contributed by atoms with van der Waals surface area (Å²) in [4.78, 5) is 21.3. The average Bonchev–Trinajstić information content (AvgIpc) is 3.43. The van der Waals surface area contributed by atoms with Crippen LogP contribution >= 0.6 is 0 Å². The Morgan fingerprint density at radius 3 is 2.62 bits per heavy atom. The molecule has 0 atom stereocenters. The molecule has 0 bridgehead atoms. The van der Waals surface area contributed by atoms with Gasteiger partial charge < -0.3 is 10.6 Å². The number of nitrogens with zero attached hydrogens (tertiary/aromatic N) is 5. The maximum Gasteiger partial charge on any atom is 0.319 e. The summed E-state index contributed by atoms with van der Waals surface area (Å²) in [5.74, 6) is 2.92. The van der Waals surface area contributed by atoms with E-state index in [2.05, 4.69) is 35.9 Å². The third-order valence-electron chi connectivity index (χ3n) is 5.36. The van der Waals surface area contributed by atoms with Crippen LogP contribution in [0.25, 0.3) is 17.2 Å². The van der Waals surface area contributed by atoms with Crippen LogP contribution in [0.1, 0.15) is 41.5 Å². The van der Waals surface area contributed by atoms with Crippen LogP contribution < -0.4 is 10.6 Å². The molecule has 5 rings (SSSR count). The molecule has 1 aliphatic rings. The Kier molecular flexibility index (Phi) is 5.14. The number of rotatable bonds is 6. The van der Waals surface area contributed by atoms with E-state index in [4.69, 9.17) is 0 Å². The van der Waals surface area contributed by atoms with Crippen LogP contribution in [0.3, 0.4) is 0 Å². The van der Waals surface area contributed by atoms with Crippen LogP contribution in [0.2, 0.25) is 0 Å². The molecule has 1 fully saturated rings. The van der Waals surface area contributed by atoms with Crippen LogP contribution in [0.5, 0.6) is 0 Å². The van der Waals surface area contributed by atoms with E-state index < -0.39 is 0 Å². The Morgan fingerprint density at radius 1 is 1.16 bits per heavy atom. The first-order valence-electron chi connectivity index (χ1n) is 10.6. The van der Waals surface area contributed by atoms with Crippen molar-refractivity contribution in [3.63, 3.8) is 0 Å². The van der Waals surface area contributed by atoms with E-state index >= 15 is 0 Å². The van der Waals surface area contributed by atoms with Gasteiger partial charge in [0.25, 0.3) is 0 Å². The summed E-state index contributed by atoms with van der Waals surface area (Å²) >= 11 is 0. The lowest BCUT2D eigenvalue weighted by atomic mass is 10.2. The second-order valence-corrected chi connectivity index (χ2v) is 8.07. The van der Waals surface area contributed by atoms with Crippen molar-refractivity contribution in [1.82, 2.24) is 35.3 Å². The molecule has 1 saturated carbocycles. The molecular weight excluding hydrogens is 404 g/mol. The highest BCUT2D eigenvalue weighted by molar-refractivity contribution is 5.89. The summed E-state index contributed by atoms with van der Waals surface area (Å²) < 4.78 is 1.80. The molecule has 9 nitrogen and oxygen atoms in total. The van der Waals surface area contributed by atoms with Crippen molar-refractivity contribution in [3.05, 3.63) is 71.4 Å². The van der Waals surface area contributed by atoms with Gasteiger partial charge >= 0.3 is 6.03 Å². The van der Waals surface area contributed by atoms with Crippen molar-refractivity contribution in [2.75, 3.05) is 5.32 Å². The van der Waals surface area contributed by atoms with E-state index in [0.717, 1.165) is 34.2 Å². The summed E-state index contributed by atoms with van der Waals surface area (Å²) in [5.41, 5.74) is 4.48. The summed E-state index contributed by atoms with van der Waals surface area (Å²) in [6.45, 7) is 4.31. The first-order valence-corrected chi connectivity index (χ1v) is 10.6. The van der Waals surface area contributed by atoms with Gasteiger partial charge in [0.1, 0.15) is 5.82 Å². The van der Waals surface area contributed by atoms with E-state index in [1.54, 1.807) is 10.9 Å². The number of anilines is 1. The van der Waals surface area contributed by atoms with Crippen molar-refractivity contribution in [2.24, 2.45) is 0 Å². The number of nitrogens with one attached hydrogen (secondary N) is 3. The first kappa shape index (κ1) is 19.9. The summed E-state index contributed by atoms with van der Waals surface area (Å²) in [5, 5.41) is 17.4. The molecule has 4 aromatic rings. The molecule has 0 radical (unpaired) electrons. The summed E-state index contributed by atoms with van der Waals surface area (Å²) in [7, 11) is 0. The van der Waals surface area contributed by atoms with Crippen molar-refractivity contribution in [2.45, 2.75) is 39.2 Å². The predicted octanol–water partition coefficient (Wildman–Crippen LogP) is 3.87. The number of carbonyl (C=O) groups excluding carboxylic acids is 1. The van der Waals surface area contributed by atoms with Crippen LogP contribution in [-0.2, 0) is 6.54 Å². The number of hydrogen-bond donors (Lipinski definition) is 3. The number of urea groups is 1. The number of aryl methyl sites for hydroxylation is 2. The van der Waals surface area contributed by atoms with Gasteiger partial charge in [-0.25, -0.2) is 19.4 Å². The van der Waals surface area contributed by atoms with Gasteiger partial charge in [0.2, 0.25) is 0 Å². The molecule has 3 aromatic heterocycles. The van der Waals surface area contributed by atoms with Gasteiger partial charge in [-0.1, -0.05) is 6.07 Å². The van der Waals surface area contributed by atoms with Crippen LogP contribution in [0.4, 0.5) is 10.5 Å². The van der Waals surface area contributed by atoms with Gasteiger partial charge in [-0.05, 0) is 68.7 Å². The minimum atomic E-state index is -0.283. The molecule has 0 spiro atoms. The predicted molar refractivity (Wildman–Crippen MR) is 120 cm³/mol. The number of benzene rings is 1. The third kappa shape index (κ3) is 4.36. The Morgan fingerprint density at radius 2 is 1.97 bits per heavy atom. The van der Waals surface area contributed by atoms with Gasteiger partial charge in [0.15, 0.2) is 11.6 Å². The quantitative estimate of drug-likeness (QED) is 0.431. The zero-order valence-electron chi connectivity index (χ0n) is 18.0. The van der Waals surface area contributed by atoms with Crippen LogP contribution in [-0.4, -0.2) is 36.0 Å². The molecule has 3 N–H and O–H groups in total. The molecular formula is C23H24N8O. The molecule has 2 amide bonds. The highest BCUT2D eigenvalue weighted by Gasteiger charge is 2.27. The van der Waals surface area contributed by atoms with Gasteiger partial charge in [-0.2, -0.15) is 10.2 Å². The summed E-state index contributed by atoms with van der Waals surface area (Å²) in [6, 6.07) is 13.0. The normalized spacial score (nSPS) is 13.2. The highest BCUT2D eigenvalue weighted by Crippen LogP contribution is 2.38. The molecule has 9 heteroatoms. The average molecular weight is 429 g/mol. The minimum Gasteiger partial charge on any atom is -0.334 e. The molecule has 32 heavy (non-hydrogen) atoms. The molecule has 162 valence electrons. The van der Waals surface area contributed by atoms with Gasteiger partial charge in [-0.3, -0.25) is 5.10 Å². The SMILES string of the molecule is Cc1cc(C)n(-c2ccc(CNC(=O)Nc3ccc(-c4n[nH]c(C5CC5)n4)cc3)cn2)n1. The zero-order valence-corrected chi connectivity index (χ0v) is 18.0. The van der Waals surface area contributed by atoms with E-state index in [0.29, 0.717) is 24.0 Å². The number of aromatic nitrogens is 6. The number of pyridine rings is 1. The maximum absolute atomic E-state index is 12.3. The fourth-order valence-electron chi connectivity index (χ4n) is 3.51. The van der Waals surface area contributed by atoms with Crippen molar-refractivity contribution < 1.29 is 4.79 Å². The molecule has 0 unspecified atom stereocenters. The highest BCUT2D eigenvalue weighted by atomic mass is 16.2. The third-order valence-corrected chi connectivity index (χ3v) is 5.36. The largest absolute Gasteiger partial charge is 0.334 e. The fraction of sp³-hybridized carbons (Fsp3) is 0.261. The zero-order chi connectivity index (χ0) is 22.1. The van der Waals surface area contributed by atoms with Crippen molar-refractivity contribution >= 4 is 11.7 Å². The lowest BCUT2D eigenvalue weighted by molar-refractivity contribution is 0.251. The molecule has 0 saturated heterocycles. The van der Waals surface area contributed by atoms with E-state index in [9.17, 15) is 4.79 Å². The number of aromatic amines is 1. The van der Waals surface area contributed by atoms with Crippen LogP contribution in [0, 0.1) is 13.8 Å². The Hall–Kier alpha value is -4.01. The van der Waals surface area contributed by atoms with E-state index in [1.165, 1.54) is 12.8 Å². The molecule has 1 aromatic carbocycles. The van der Waals surface area contributed by atoms with E-state index in [-0.39, 0.29) is 6.03 Å². The second kappa shape index (κ2) is 8.26. The summed E-state index contributed by atoms with van der Waals surface area (Å²) in [6.07, 6.45) is 4.10. The van der Waals surface area contributed by atoms with E-state index in [1.807, 2.05) is 56.3 Å². The topological polar surface area (TPSA) is 113 Å². The number of hydrogen-bond acceptors (Lipinski definition) is 5. The lowest BCUT2D eigenvalue weighted by Gasteiger charge is -2.09. The minimum absolute atomic E-state index is 0.283. The smallest absolute Gasteiger partial charge is 0.319 e. The van der Waals surface area contributed by atoms with Gasteiger partial charge in [0.05, 0.1) is 5.69 Å². The standard InChI is InChI=1S/C23H24N8O/c1-14-11-15(2)31(30-14)20-10-3-16(12-24-20)13-25-23(32)26-19-8-6-18(7-9-19)22-27-21(28-29-22)17-4-5-17/h3,6-12,17H,4-5,13H2,1-2H3,(H2,25,26,32)(H,27,28,29). The number of H-pyrrole nitrogens is 1. The Bertz CT molecular complexity index is 1240. The number of carbonyl (C=O) groups is 1. The lowest BCUT2D eigenvalue weighted by Crippen LogP contribution is -2.28. The molecule has 1 aliphatic carbocycles. The Labute approximate surface area is 185 Å². The van der Waals surface area contributed by atoms with Crippen LogP contribution in [0.15, 0.2) is 48.7 Å². The Balaban J connectivity index is 1.15. The van der Waals surface area contributed by atoms with Gasteiger partial charge in [-0.15, -0.1) is 0 Å². The first-order chi connectivity index (χ1) is 15.5. The molecule has 3 heterocycles. The monoisotopic (exact) mass is 428 g/mol. The second-order valence-electron chi connectivity index (χ2n) is 8.07. The fourth-order valence-corrected chi connectivity index (χ4v) is 3.51. The maximum atomic E-state index is 12.3.